The zero-order valence-electron chi connectivity index (χ0n) is 12.1. The summed E-state index contributed by atoms with van der Waals surface area (Å²) in [6, 6.07) is 6.24. The van der Waals surface area contributed by atoms with Gasteiger partial charge in [0.25, 0.3) is 0 Å². The number of benzene rings is 1. The molecule has 18 heavy (non-hydrogen) atoms. The molecule has 0 saturated carbocycles. The van der Waals surface area contributed by atoms with Crippen molar-refractivity contribution in [2.24, 2.45) is 5.73 Å². The highest BCUT2D eigenvalue weighted by Crippen LogP contribution is 2.34. The second-order valence-electron chi connectivity index (χ2n) is 5.51. The van der Waals surface area contributed by atoms with E-state index in [0.29, 0.717) is 6.54 Å². The van der Waals surface area contributed by atoms with Crippen LogP contribution in [0.2, 0.25) is 0 Å². The molecule has 1 aromatic rings. The fraction of sp³-hybridized carbons (Fsp3) is 0.600. The summed E-state index contributed by atoms with van der Waals surface area (Å²) in [5, 5.41) is 0. The third-order valence-corrected chi connectivity index (χ3v) is 3.12. The number of rotatable bonds is 5. The number of methoxy groups -OCH3 is 2. The van der Waals surface area contributed by atoms with Crippen LogP contribution in [0.5, 0.6) is 5.75 Å². The molecule has 0 heterocycles. The van der Waals surface area contributed by atoms with Crippen molar-refractivity contribution in [3.63, 3.8) is 0 Å². The van der Waals surface area contributed by atoms with E-state index in [0.717, 1.165) is 17.7 Å². The Bertz CT molecular complexity index is 383. The van der Waals surface area contributed by atoms with Crippen molar-refractivity contribution in [3.05, 3.63) is 29.3 Å². The van der Waals surface area contributed by atoms with Crippen LogP contribution < -0.4 is 10.5 Å². The monoisotopic (exact) mass is 251 g/mol. The maximum absolute atomic E-state index is 5.62. The fourth-order valence-corrected chi connectivity index (χ4v) is 2.08. The van der Waals surface area contributed by atoms with Gasteiger partial charge in [0.15, 0.2) is 0 Å². The van der Waals surface area contributed by atoms with Crippen LogP contribution in [0.15, 0.2) is 18.2 Å². The molecule has 0 aliphatic carbocycles. The van der Waals surface area contributed by atoms with Gasteiger partial charge in [-0.25, -0.2) is 0 Å². The van der Waals surface area contributed by atoms with Crippen LogP contribution >= 0.6 is 0 Å². The van der Waals surface area contributed by atoms with Crippen molar-refractivity contribution < 1.29 is 9.47 Å². The zero-order valence-corrected chi connectivity index (χ0v) is 12.1. The molecule has 0 radical (unpaired) electrons. The van der Waals surface area contributed by atoms with Crippen LogP contribution in [0.1, 0.15) is 44.4 Å². The first-order valence-electron chi connectivity index (χ1n) is 6.35. The summed E-state index contributed by atoms with van der Waals surface area (Å²) in [5.41, 5.74) is 8.02. The van der Waals surface area contributed by atoms with Gasteiger partial charge >= 0.3 is 0 Å². The van der Waals surface area contributed by atoms with E-state index in [9.17, 15) is 0 Å². The highest BCUT2D eigenvalue weighted by Gasteiger charge is 2.21. The lowest BCUT2D eigenvalue weighted by molar-refractivity contribution is 0.0976. The van der Waals surface area contributed by atoms with Gasteiger partial charge in [-0.3, -0.25) is 0 Å². The molecule has 0 bridgehead atoms. The van der Waals surface area contributed by atoms with E-state index < -0.39 is 0 Å². The van der Waals surface area contributed by atoms with Gasteiger partial charge in [-0.05, 0) is 41.6 Å². The first kappa shape index (κ1) is 15.0. The molecule has 0 aromatic heterocycles. The number of ether oxygens (including phenoxy) is 2. The van der Waals surface area contributed by atoms with Crippen molar-refractivity contribution in [1.29, 1.82) is 0 Å². The number of hydrogen-bond acceptors (Lipinski definition) is 3. The quantitative estimate of drug-likeness (QED) is 0.875. The Balaban J connectivity index is 3.17. The Morgan fingerprint density at radius 3 is 2.33 bits per heavy atom. The minimum Gasteiger partial charge on any atom is -0.496 e. The van der Waals surface area contributed by atoms with Crippen LogP contribution in [0.4, 0.5) is 0 Å². The molecule has 102 valence electrons. The Hall–Kier alpha value is -1.06. The fourth-order valence-electron chi connectivity index (χ4n) is 2.08. The topological polar surface area (TPSA) is 44.5 Å². The first-order chi connectivity index (χ1) is 8.43. The Labute approximate surface area is 110 Å². The second-order valence-corrected chi connectivity index (χ2v) is 5.51. The summed E-state index contributed by atoms with van der Waals surface area (Å²) in [6.45, 7) is 7.16. The lowest BCUT2D eigenvalue weighted by Gasteiger charge is -2.24. The average molecular weight is 251 g/mol. The Morgan fingerprint density at radius 1 is 1.22 bits per heavy atom. The van der Waals surface area contributed by atoms with Gasteiger partial charge in [0.2, 0.25) is 0 Å². The van der Waals surface area contributed by atoms with Crippen molar-refractivity contribution in [2.45, 2.75) is 38.7 Å². The standard InChI is InChI=1S/C15H25NO2/c1-15(2,3)12-10-11(6-7-14(12)18-5)13(17-4)8-9-16/h6-7,10,13H,8-9,16H2,1-5H3. The van der Waals surface area contributed by atoms with E-state index >= 15 is 0 Å². The molecule has 0 aliphatic rings. The molecular formula is C15H25NO2. The summed E-state index contributed by atoms with van der Waals surface area (Å²) in [5.74, 6) is 0.925. The molecule has 0 aliphatic heterocycles. The third kappa shape index (κ3) is 3.47. The highest BCUT2D eigenvalue weighted by atomic mass is 16.5. The van der Waals surface area contributed by atoms with E-state index in [2.05, 4.69) is 32.9 Å². The summed E-state index contributed by atoms with van der Waals surface area (Å²) in [6.07, 6.45) is 0.883. The van der Waals surface area contributed by atoms with E-state index in [4.69, 9.17) is 15.2 Å². The van der Waals surface area contributed by atoms with Gasteiger partial charge in [0.1, 0.15) is 5.75 Å². The highest BCUT2D eigenvalue weighted by molar-refractivity contribution is 5.42. The zero-order chi connectivity index (χ0) is 13.8. The van der Waals surface area contributed by atoms with Crippen LogP contribution in [-0.2, 0) is 10.2 Å². The summed E-state index contributed by atoms with van der Waals surface area (Å²) in [4.78, 5) is 0. The predicted molar refractivity (Wildman–Crippen MR) is 75.1 cm³/mol. The number of hydrogen-bond donors (Lipinski definition) is 1. The van der Waals surface area contributed by atoms with Gasteiger partial charge in [-0.15, -0.1) is 0 Å². The molecule has 1 aromatic carbocycles. The van der Waals surface area contributed by atoms with Gasteiger partial charge < -0.3 is 15.2 Å². The molecule has 0 fully saturated rings. The maximum atomic E-state index is 5.62. The maximum Gasteiger partial charge on any atom is 0.122 e. The lowest BCUT2D eigenvalue weighted by Crippen LogP contribution is -2.15. The molecule has 1 rings (SSSR count). The Morgan fingerprint density at radius 2 is 1.89 bits per heavy atom. The van der Waals surface area contributed by atoms with Crippen molar-refractivity contribution in [2.75, 3.05) is 20.8 Å². The van der Waals surface area contributed by atoms with Crippen molar-refractivity contribution in [3.8, 4) is 5.75 Å². The van der Waals surface area contributed by atoms with E-state index in [1.54, 1.807) is 14.2 Å². The van der Waals surface area contributed by atoms with E-state index in [1.165, 1.54) is 5.56 Å². The van der Waals surface area contributed by atoms with Crippen LogP contribution in [-0.4, -0.2) is 20.8 Å². The summed E-state index contributed by atoms with van der Waals surface area (Å²) >= 11 is 0. The van der Waals surface area contributed by atoms with E-state index in [1.807, 2.05) is 6.07 Å². The lowest BCUT2D eigenvalue weighted by atomic mass is 9.84. The predicted octanol–water partition coefficient (Wildman–Crippen LogP) is 3.03. The number of nitrogens with two attached hydrogens (primary N) is 1. The first-order valence-corrected chi connectivity index (χ1v) is 6.35. The summed E-state index contributed by atoms with van der Waals surface area (Å²) < 4.78 is 10.9. The molecule has 1 unspecified atom stereocenters. The minimum atomic E-state index is 0.0440. The minimum absolute atomic E-state index is 0.0440. The van der Waals surface area contributed by atoms with E-state index in [-0.39, 0.29) is 11.5 Å². The molecular weight excluding hydrogens is 226 g/mol. The molecule has 3 heteroatoms. The van der Waals surface area contributed by atoms with Gasteiger partial charge in [0.05, 0.1) is 13.2 Å². The van der Waals surface area contributed by atoms with Crippen molar-refractivity contribution >= 4 is 0 Å². The van der Waals surface area contributed by atoms with Gasteiger partial charge in [-0.1, -0.05) is 26.8 Å². The summed E-state index contributed by atoms with van der Waals surface area (Å²) in [7, 11) is 3.43. The molecule has 2 N–H and O–H groups in total. The Kier molecular flexibility index (Phi) is 5.17. The SMILES string of the molecule is COc1ccc(C(CCN)OC)cc1C(C)(C)C. The van der Waals surface area contributed by atoms with Gasteiger partial charge in [0, 0.05) is 7.11 Å². The van der Waals surface area contributed by atoms with Crippen LogP contribution in [0.25, 0.3) is 0 Å². The third-order valence-electron chi connectivity index (χ3n) is 3.12. The molecule has 0 saturated heterocycles. The average Bonchev–Trinajstić information content (AvgIpc) is 2.34. The van der Waals surface area contributed by atoms with Crippen molar-refractivity contribution in [1.82, 2.24) is 0 Å². The smallest absolute Gasteiger partial charge is 0.122 e. The van der Waals surface area contributed by atoms with Crippen LogP contribution in [0, 0.1) is 0 Å². The molecule has 0 spiro atoms. The largest absolute Gasteiger partial charge is 0.496 e. The normalized spacial score (nSPS) is 13.4. The molecule has 3 nitrogen and oxygen atoms in total. The molecule has 1 atom stereocenters. The van der Waals surface area contributed by atoms with Gasteiger partial charge in [-0.2, -0.15) is 0 Å². The molecule has 0 amide bonds. The van der Waals surface area contributed by atoms with Crippen LogP contribution in [0.3, 0.4) is 0 Å². The second kappa shape index (κ2) is 6.21.